The van der Waals surface area contributed by atoms with E-state index in [1.54, 1.807) is 6.92 Å². The minimum Gasteiger partial charge on any atom is -0.396 e. The molecule has 1 aliphatic carbocycles. The molecule has 1 fully saturated rings. The van der Waals surface area contributed by atoms with Gasteiger partial charge in [0.25, 0.3) is 0 Å². The minimum absolute atomic E-state index is 0.0135. The molecule has 0 heterocycles. The Balaban J connectivity index is 2.89. The monoisotopic (exact) mass is 235 g/mol. The Morgan fingerprint density at radius 1 is 1.53 bits per heavy atom. The van der Waals surface area contributed by atoms with E-state index in [2.05, 4.69) is 0 Å². The van der Waals surface area contributed by atoms with E-state index in [4.69, 9.17) is 5.73 Å². The molecule has 90 valence electrons. The third kappa shape index (κ3) is 2.19. The molecule has 15 heavy (non-hydrogen) atoms. The highest BCUT2D eigenvalue weighted by molar-refractivity contribution is 7.92. The van der Waals surface area contributed by atoms with Crippen LogP contribution in [0.15, 0.2) is 0 Å². The molecule has 4 nitrogen and oxygen atoms in total. The summed E-state index contributed by atoms with van der Waals surface area (Å²) < 4.78 is 23.5. The number of nitrogens with two attached hydrogens (primary N) is 1. The standard InChI is InChI=1S/C10H21NO3S/c1-3-15(13,14)9-4-8(2)10(5-9,6-11)7-12/h8-9,12H,3-7,11H2,1-2H3/t8-,9+,10+/m0/s1. The van der Waals surface area contributed by atoms with Gasteiger partial charge in [-0.2, -0.15) is 0 Å². The van der Waals surface area contributed by atoms with E-state index in [1.165, 1.54) is 0 Å². The van der Waals surface area contributed by atoms with Gasteiger partial charge in [-0.05, 0) is 18.8 Å². The molecule has 0 bridgehead atoms. The second-order valence-electron chi connectivity index (χ2n) is 4.64. The zero-order valence-electron chi connectivity index (χ0n) is 9.44. The zero-order chi connectivity index (χ0) is 11.7. The van der Waals surface area contributed by atoms with E-state index in [9.17, 15) is 13.5 Å². The van der Waals surface area contributed by atoms with Crippen LogP contribution >= 0.6 is 0 Å². The SMILES string of the molecule is CCS(=O)(=O)[C@@H]1C[C@H](C)[C@](CN)(CO)C1. The lowest BCUT2D eigenvalue weighted by atomic mass is 9.80. The maximum Gasteiger partial charge on any atom is 0.152 e. The summed E-state index contributed by atoms with van der Waals surface area (Å²) in [6.07, 6.45) is 1.14. The van der Waals surface area contributed by atoms with Gasteiger partial charge in [0.15, 0.2) is 9.84 Å². The Hall–Kier alpha value is -0.130. The molecule has 0 unspecified atom stereocenters. The summed E-state index contributed by atoms with van der Waals surface area (Å²) in [5, 5.41) is 9.06. The summed E-state index contributed by atoms with van der Waals surface area (Å²) in [7, 11) is -2.99. The van der Waals surface area contributed by atoms with E-state index in [0.717, 1.165) is 0 Å². The van der Waals surface area contributed by atoms with E-state index in [1.807, 2.05) is 6.92 Å². The molecule has 0 saturated heterocycles. The fraction of sp³-hybridized carbons (Fsp3) is 1.00. The van der Waals surface area contributed by atoms with Gasteiger partial charge >= 0.3 is 0 Å². The number of aliphatic hydroxyl groups excluding tert-OH is 1. The molecule has 0 spiro atoms. The lowest BCUT2D eigenvalue weighted by molar-refractivity contribution is 0.0996. The first-order chi connectivity index (χ1) is 6.91. The molecule has 0 radical (unpaired) electrons. The summed E-state index contributed by atoms with van der Waals surface area (Å²) in [4.78, 5) is 0. The molecule has 1 aliphatic rings. The molecular formula is C10H21NO3S. The third-order valence-corrected chi connectivity index (χ3v) is 6.11. The van der Waals surface area contributed by atoms with E-state index in [0.29, 0.717) is 19.4 Å². The molecule has 0 aromatic rings. The minimum atomic E-state index is -2.99. The molecule has 0 aromatic heterocycles. The van der Waals surface area contributed by atoms with Crippen LogP contribution < -0.4 is 5.73 Å². The summed E-state index contributed by atoms with van der Waals surface area (Å²) in [5.74, 6) is 0.357. The Morgan fingerprint density at radius 3 is 2.47 bits per heavy atom. The van der Waals surface area contributed by atoms with Crippen molar-refractivity contribution >= 4 is 9.84 Å². The van der Waals surface area contributed by atoms with E-state index >= 15 is 0 Å². The number of hydrogen-bond acceptors (Lipinski definition) is 4. The summed E-state index contributed by atoms with van der Waals surface area (Å²) >= 11 is 0. The van der Waals surface area contributed by atoms with E-state index in [-0.39, 0.29) is 28.9 Å². The molecule has 0 aromatic carbocycles. The summed E-state index contributed by atoms with van der Waals surface area (Å²) in [6, 6.07) is 0. The first kappa shape index (κ1) is 12.9. The van der Waals surface area contributed by atoms with Crippen LogP contribution in [0.4, 0.5) is 0 Å². The molecule has 3 atom stereocenters. The number of sulfone groups is 1. The van der Waals surface area contributed by atoms with Crippen molar-refractivity contribution in [2.75, 3.05) is 18.9 Å². The lowest BCUT2D eigenvalue weighted by Gasteiger charge is -2.29. The molecular weight excluding hydrogens is 214 g/mol. The highest BCUT2D eigenvalue weighted by Crippen LogP contribution is 2.44. The Bertz CT molecular complexity index is 309. The van der Waals surface area contributed by atoms with Gasteiger partial charge in [0, 0.05) is 17.7 Å². The van der Waals surface area contributed by atoms with Crippen LogP contribution in [0.1, 0.15) is 26.7 Å². The summed E-state index contributed by atoms with van der Waals surface area (Å²) in [6.45, 7) is 4.00. The van der Waals surface area contributed by atoms with Crippen molar-refractivity contribution in [3.8, 4) is 0 Å². The van der Waals surface area contributed by atoms with Crippen molar-refractivity contribution in [3.05, 3.63) is 0 Å². The number of aliphatic hydroxyl groups is 1. The second kappa shape index (κ2) is 4.39. The van der Waals surface area contributed by atoms with Crippen LogP contribution in [0.3, 0.4) is 0 Å². The molecule has 5 heteroatoms. The van der Waals surface area contributed by atoms with Crippen LogP contribution in [-0.4, -0.2) is 37.7 Å². The quantitative estimate of drug-likeness (QED) is 0.727. The van der Waals surface area contributed by atoms with Gasteiger partial charge in [0.05, 0.1) is 11.9 Å². The lowest BCUT2D eigenvalue weighted by Crippen LogP contribution is -2.37. The van der Waals surface area contributed by atoms with Gasteiger partial charge in [0.2, 0.25) is 0 Å². The van der Waals surface area contributed by atoms with Crippen molar-refractivity contribution in [1.29, 1.82) is 0 Å². The highest BCUT2D eigenvalue weighted by Gasteiger charge is 2.47. The third-order valence-electron chi connectivity index (χ3n) is 3.93. The predicted molar refractivity (Wildman–Crippen MR) is 60.2 cm³/mol. The van der Waals surface area contributed by atoms with Crippen LogP contribution in [-0.2, 0) is 9.84 Å². The zero-order valence-corrected chi connectivity index (χ0v) is 10.3. The first-order valence-electron chi connectivity index (χ1n) is 5.44. The fourth-order valence-electron chi connectivity index (χ4n) is 2.46. The van der Waals surface area contributed by atoms with Crippen molar-refractivity contribution in [2.45, 2.75) is 31.9 Å². The number of hydrogen-bond donors (Lipinski definition) is 2. The molecule has 0 amide bonds. The van der Waals surface area contributed by atoms with Gasteiger partial charge in [-0.3, -0.25) is 0 Å². The maximum absolute atomic E-state index is 11.7. The highest BCUT2D eigenvalue weighted by atomic mass is 32.2. The van der Waals surface area contributed by atoms with Gasteiger partial charge in [0.1, 0.15) is 0 Å². The Morgan fingerprint density at radius 2 is 2.13 bits per heavy atom. The molecule has 3 N–H and O–H groups in total. The van der Waals surface area contributed by atoms with Crippen LogP contribution in [0, 0.1) is 11.3 Å². The van der Waals surface area contributed by atoms with Crippen molar-refractivity contribution in [1.82, 2.24) is 0 Å². The van der Waals surface area contributed by atoms with Crippen molar-refractivity contribution in [2.24, 2.45) is 17.1 Å². The molecule has 0 aliphatic heterocycles. The smallest absolute Gasteiger partial charge is 0.152 e. The van der Waals surface area contributed by atoms with Gasteiger partial charge in [-0.1, -0.05) is 13.8 Å². The maximum atomic E-state index is 11.7. The van der Waals surface area contributed by atoms with Gasteiger partial charge in [-0.15, -0.1) is 0 Å². The van der Waals surface area contributed by atoms with E-state index < -0.39 is 9.84 Å². The molecule has 1 saturated carbocycles. The predicted octanol–water partition coefficient (Wildman–Crippen LogP) is 0.157. The van der Waals surface area contributed by atoms with Crippen LogP contribution in [0.5, 0.6) is 0 Å². The van der Waals surface area contributed by atoms with Gasteiger partial charge < -0.3 is 10.8 Å². The topological polar surface area (TPSA) is 80.4 Å². The molecule has 1 rings (SSSR count). The Kier molecular flexibility index (Phi) is 3.79. The normalized spacial score (nSPS) is 37.1. The Labute approximate surface area is 91.8 Å². The van der Waals surface area contributed by atoms with Crippen LogP contribution in [0.2, 0.25) is 0 Å². The second-order valence-corrected chi connectivity index (χ2v) is 7.21. The summed E-state index contributed by atoms with van der Waals surface area (Å²) in [5.41, 5.74) is 5.28. The van der Waals surface area contributed by atoms with Crippen molar-refractivity contribution in [3.63, 3.8) is 0 Å². The average Bonchev–Trinajstić information content (AvgIpc) is 2.57. The van der Waals surface area contributed by atoms with Gasteiger partial charge in [-0.25, -0.2) is 8.42 Å². The number of rotatable bonds is 4. The van der Waals surface area contributed by atoms with Crippen molar-refractivity contribution < 1.29 is 13.5 Å². The average molecular weight is 235 g/mol. The first-order valence-corrected chi connectivity index (χ1v) is 7.16. The fourth-order valence-corrected chi connectivity index (χ4v) is 4.10. The van der Waals surface area contributed by atoms with Crippen LogP contribution in [0.25, 0.3) is 0 Å². The largest absolute Gasteiger partial charge is 0.396 e.